The van der Waals surface area contributed by atoms with Crippen LogP contribution in [0.5, 0.6) is 0 Å². The van der Waals surface area contributed by atoms with Gasteiger partial charge in [-0.2, -0.15) is 0 Å². The Morgan fingerprint density at radius 1 is 1.80 bits per heavy atom. The summed E-state index contributed by atoms with van der Waals surface area (Å²) in [7, 11) is 0. The van der Waals surface area contributed by atoms with Crippen LogP contribution in [0.1, 0.15) is 6.92 Å². The Labute approximate surface area is 59.8 Å². The summed E-state index contributed by atoms with van der Waals surface area (Å²) >= 11 is 0. The summed E-state index contributed by atoms with van der Waals surface area (Å²) in [6, 6.07) is 0. The molecule has 2 atom stereocenters. The molecule has 56 valence electrons. The number of cyclic esters (lactones) is 1. The fourth-order valence-corrected chi connectivity index (χ4v) is 0.913. The molecule has 0 aromatic carbocycles. The molecule has 0 unspecified atom stereocenters. The standard InChI is InChI=1S/C7H11NO2/c1-5-2-3-7(9)10-6(5)4-8/h2-3,5-6H,4,8H2,1H3/t5-,6+/m0/s1. The number of carbonyl (C=O) groups excluding carboxylic acids is 1. The maximum atomic E-state index is 10.6. The molecule has 0 radical (unpaired) electrons. The number of carbonyl (C=O) groups is 1. The zero-order valence-electron chi connectivity index (χ0n) is 5.91. The molecular formula is C7H11NO2. The summed E-state index contributed by atoms with van der Waals surface area (Å²) in [5.41, 5.74) is 5.34. The van der Waals surface area contributed by atoms with E-state index in [9.17, 15) is 4.79 Å². The minimum Gasteiger partial charge on any atom is -0.457 e. The van der Waals surface area contributed by atoms with E-state index in [1.807, 2.05) is 13.0 Å². The minimum atomic E-state index is -0.284. The first-order valence-electron chi connectivity index (χ1n) is 3.33. The van der Waals surface area contributed by atoms with Gasteiger partial charge < -0.3 is 10.5 Å². The molecule has 10 heavy (non-hydrogen) atoms. The van der Waals surface area contributed by atoms with Gasteiger partial charge in [0, 0.05) is 18.5 Å². The molecule has 0 aromatic rings. The molecule has 3 heteroatoms. The number of hydrogen-bond acceptors (Lipinski definition) is 3. The number of rotatable bonds is 1. The molecule has 0 saturated carbocycles. The van der Waals surface area contributed by atoms with E-state index in [1.165, 1.54) is 6.08 Å². The van der Waals surface area contributed by atoms with Crippen molar-refractivity contribution in [2.24, 2.45) is 11.7 Å². The molecule has 0 saturated heterocycles. The Hall–Kier alpha value is -0.830. The van der Waals surface area contributed by atoms with Crippen LogP contribution in [-0.2, 0) is 9.53 Å². The van der Waals surface area contributed by atoms with Gasteiger partial charge in [-0.05, 0) is 0 Å². The summed E-state index contributed by atoms with van der Waals surface area (Å²) in [5, 5.41) is 0. The van der Waals surface area contributed by atoms with Crippen LogP contribution in [0.3, 0.4) is 0 Å². The first-order valence-corrected chi connectivity index (χ1v) is 3.33. The second-order valence-corrected chi connectivity index (χ2v) is 2.43. The van der Waals surface area contributed by atoms with E-state index < -0.39 is 0 Å². The molecule has 0 spiro atoms. The van der Waals surface area contributed by atoms with E-state index in [4.69, 9.17) is 10.5 Å². The lowest BCUT2D eigenvalue weighted by Gasteiger charge is -2.22. The zero-order valence-corrected chi connectivity index (χ0v) is 5.91. The average Bonchev–Trinajstić information content (AvgIpc) is 1.94. The van der Waals surface area contributed by atoms with Crippen molar-refractivity contribution in [1.29, 1.82) is 0 Å². The van der Waals surface area contributed by atoms with E-state index in [1.54, 1.807) is 0 Å². The van der Waals surface area contributed by atoms with Crippen molar-refractivity contribution in [3.8, 4) is 0 Å². The lowest BCUT2D eigenvalue weighted by atomic mass is 10.0. The largest absolute Gasteiger partial charge is 0.457 e. The topological polar surface area (TPSA) is 52.3 Å². The third kappa shape index (κ3) is 1.36. The molecule has 2 N–H and O–H groups in total. The molecule has 0 amide bonds. The van der Waals surface area contributed by atoms with Gasteiger partial charge in [0.1, 0.15) is 6.10 Å². The van der Waals surface area contributed by atoms with Crippen LogP contribution in [-0.4, -0.2) is 18.6 Å². The van der Waals surface area contributed by atoms with Crippen LogP contribution < -0.4 is 5.73 Å². The van der Waals surface area contributed by atoms with Gasteiger partial charge in [0.2, 0.25) is 0 Å². The molecule has 0 fully saturated rings. The number of hydrogen-bond donors (Lipinski definition) is 1. The molecule has 0 bridgehead atoms. The highest BCUT2D eigenvalue weighted by Gasteiger charge is 2.20. The van der Waals surface area contributed by atoms with Crippen molar-refractivity contribution in [1.82, 2.24) is 0 Å². The van der Waals surface area contributed by atoms with Crippen LogP contribution in [0.25, 0.3) is 0 Å². The van der Waals surface area contributed by atoms with Crippen molar-refractivity contribution in [2.45, 2.75) is 13.0 Å². The Morgan fingerprint density at radius 3 is 3.00 bits per heavy atom. The predicted molar refractivity (Wildman–Crippen MR) is 37.2 cm³/mol. The molecule has 0 aromatic heterocycles. The van der Waals surface area contributed by atoms with E-state index in [2.05, 4.69) is 0 Å². The summed E-state index contributed by atoms with van der Waals surface area (Å²) in [6.45, 7) is 2.37. The third-order valence-electron chi connectivity index (χ3n) is 1.62. The van der Waals surface area contributed by atoms with Crippen LogP contribution in [0.2, 0.25) is 0 Å². The highest BCUT2D eigenvalue weighted by atomic mass is 16.5. The van der Waals surface area contributed by atoms with Crippen molar-refractivity contribution in [3.63, 3.8) is 0 Å². The Kier molecular flexibility index (Phi) is 2.06. The fraction of sp³-hybridized carbons (Fsp3) is 0.571. The summed E-state index contributed by atoms with van der Waals surface area (Å²) in [5.74, 6) is -0.0312. The van der Waals surface area contributed by atoms with Crippen molar-refractivity contribution in [2.75, 3.05) is 6.54 Å². The maximum Gasteiger partial charge on any atom is 0.330 e. The first-order chi connectivity index (χ1) is 4.74. The van der Waals surface area contributed by atoms with Crippen LogP contribution in [0.15, 0.2) is 12.2 Å². The first kappa shape index (κ1) is 7.28. The highest BCUT2D eigenvalue weighted by Crippen LogP contribution is 2.13. The van der Waals surface area contributed by atoms with Gasteiger partial charge in [-0.1, -0.05) is 13.0 Å². The van der Waals surface area contributed by atoms with Crippen molar-refractivity contribution >= 4 is 5.97 Å². The lowest BCUT2D eigenvalue weighted by Crippen LogP contribution is -2.33. The molecule has 0 aliphatic carbocycles. The molecule has 1 aliphatic rings. The second kappa shape index (κ2) is 2.84. The lowest BCUT2D eigenvalue weighted by molar-refractivity contribution is -0.145. The van der Waals surface area contributed by atoms with E-state index in [0.29, 0.717) is 6.54 Å². The third-order valence-corrected chi connectivity index (χ3v) is 1.62. The Bertz CT molecular complexity index is 165. The Morgan fingerprint density at radius 2 is 2.50 bits per heavy atom. The minimum absolute atomic E-state index is 0.127. The number of ether oxygens (including phenoxy) is 1. The molecular weight excluding hydrogens is 130 g/mol. The van der Waals surface area contributed by atoms with Crippen LogP contribution in [0, 0.1) is 5.92 Å². The zero-order chi connectivity index (χ0) is 7.56. The fourth-order valence-electron chi connectivity index (χ4n) is 0.913. The quantitative estimate of drug-likeness (QED) is 0.525. The summed E-state index contributed by atoms with van der Waals surface area (Å²) in [6.07, 6.45) is 3.14. The van der Waals surface area contributed by atoms with E-state index in [0.717, 1.165) is 0 Å². The summed E-state index contributed by atoms with van der Waals surface area (Å²) in [4.78, 5) is 10.6. The van der Waals surface area contributed by atoms with E-state index in [-0.39, 0.29) is 18.0 Å². The summed E-state index contributed by atoms with van der Waals surface area (Å²) < 4.78 is 4.90. The van der Waals surface area contributed by atoms with Crippen molar-refractivity contribution < 1.29 is 9.53 Å². The smallest absolute Gasteiger partial charge is 0.330 e. The Balaban J connectivity index is 2.62. The average molecular weight is 141 g/mol. The SMILES string of the molecule is C[C@H]1C=CC(=O)O[C@@H]1CN. The number of nitrogens with two attached hydrogens (primary N) is 1. The van der Waals surface area contributed by atoms with E-state index >= 15 is 0 Å². The predicted octanol–water partition coefficient (Wildman–Crippen LogP) is 0.0628. The molecule has 1 aliphatic heterocycles. The van der Waals surface area contributed by atoms with Gasteiger partial charge in [-0.3, -0.25) is 0 Å². The van der Waals surface area contributed by atoms with Crippen LogP contribution in [0.4, 0.5) is 0 Å². The molecule has 1 rings (SSSR count). The highest BCUT2D eigenvalue weighted by molar-refractivity contribution is 5.82. The van der Waals surface area contributed by atoms with Crippen molar-refractivity contribution in [3.05, 3.63) is 12.2 Å². The second-order valence-electron chi connectivity index (χ2n) is 2.43. The van der Waals surface area contributed by atoms with Gasteiger partial charge in [0.15, 0.2) is 0 Å². The van der Waals surface area contributed by atoms with Gasteiger partial charge >= 0.3 is 5.97 Å². The maximum absolute atomic E-state index is 10.6. The molecule has 1 heterocycles. The van der Waals surface area contributed by atoms with Crippen LogP contribution >= 0.6 is 0 Å². The van der Waals surface area contributed by atoms with Gasteiger partial charge in [0.05, 0.1) is 0 Å². The van der Waals surface area contributed by atoms with Gasteiger partial charge in [0.25, 0.3) is 0 Å². The normalized spacial score (nSPS) is 32.0. The van der Waals surface area contributed by atoms with Gasteiger partial charge in [-0.25, -0.2) is 4.79 Å². The monoisotopic (exact) mass is 141 g/mol. The number of esters is 1. The molecule has 3 nitrogen and oxygen atoms in total. The van der Waals surface area contributed by atoms with Gasteiger partial charge in [-0.15, -0.1) is 0 Å².